The Bertz CT molecular complexity index is 81.7. The Hall–Kier alpha value is -0.120. The van der Waals surface area contributed by atoms with Gasteiger partial charge in [0.1, 0.15) is 0 Å². The van der Waals surface area contributed by atoms with Crippen LogP contribution in [0.2, 0.25) is 0 Å². The van der Waals surface area contributed by atoms with Gasteiger partial charge in [0.25, 0.3) is 0 Å². The normalized spacial score (nSPS) is 26.7. The fourth-order valence-electron chi connectivity index (χ4n) is 1.28. The summed E-state index contributed by atoms with van der Waals surface area (Å²) in [7, 11) is 0. The van der Waals surface area contributed by atoms with E-state index in [1.807, 2.05) is 0 Å². The largest absolute Gasteiger partial charge is 0.378 e. The predicted molar refractivity (Wildman–Crippen MR) is 40.4 cm³/mol. The van der Waals surface area contributed by atoms with Crippen LogP contribution in [-0.2, 0) is 4.74 Å². The third kappa shape index (κ3) is 2.64. The van der Waals surface area contributed by atoms with E-state index in [0.717, 1.165) is 19.6 Å². The second kappa shape index (κ2) is 4.66. The number of hydrazine groups is 1. The third-order valence-corrected chi connectivity index (χ3v) is 1.88. The van der Waals surface area contributed by atoms with Gasteiger partial charge < -0.3 is 4.74 Å². The number of nitrogens with two attached hydrogens (primary N) is 1. The zero-order valence-corrected chi connectivity index (χ0v) is 6.31. The van der Waals surface area contributed by atoms with E-state index in [1.54, 1.807) is 0 Å². The van der Waals surface area contributed by atoms with Crippen LogP contribution >= 0.6 is 0 Å². The van der Waals surface area contributed by atoms with Gasteiger partial charge in [0.15, 0.2) is 0 Å². The summed E-state index contributed by atoms with van der Waals surface area (Å²) >= 11 is 0. The van der Waals surface area contributed by atoms with Crippen LogP contribution < -0.4 is 11.3 Å². The first-order valence-corrected chi connectivity index (χ1v) is 3.98. The highest BCUT2D eigenvalue weighted by Crippen LogP contribution is 2.14. The van der Waals surface area contributed by atoms with Gasteiger partial charge >= 0.3 is 0 Å². The lowest BCUT2D eigenvalue weighted by atomic mass is 10.1. The third-order valence-electron chi connectivity index (χ3n) is 1.88. The fourth-order valence-corrected chi connectivity index (χ4v) is 1.28. The Balaban J connectivity index is 2.02. The molecule has 1 fully saturated rings. The van der Waals surface area contributed by atoms with Gasteiger partial charge in [0.05, 0.1) is 6.10 Å². The van der Waals surface area contributed by atoms with Crippen LogP contribution in [0.5, 0.6) is 0 Å². The zero-order valence-electron chi connectivity index (χ0n) is 6.31. The average Bonchev–Trinajstić information content (AvgIpc) is 2.03. The fraction of sp³-hybridized carbons (Fsp3) is 1.00. The molecule has 3 nitrogen and oxygen atoms in total. The molecule has 1 rings (SSSR count). The Morgan fingerprint density at radius 1 is 1.50 bits per heavy atom. The van der Waals surface area contributed by atoms with Crippen LogP contribution in [-0.4, -0.2) is 19.3 Å². The molecule has 0 bridgehead atoms. The van der Waals surface area contributed by atoms with Gasteiger partial charge in [0, 0.05) is 13.2 Å². The number of ether oxygens (including phenoxy) is 1. The number of hydrogen-bond donors (Lipinski definition) is 2. The predicted octanol–water partition coefficient (Wildman–Crippen LogP) is 0.409. The summed E-state index contributed by atoms with van der Waals surface area (Å²) in [5.41, 5.74) is 2.63. The van der Waals surface area contributed by atoms with Crippen LogP contribution in [0, 0.1) is 0 Å². The van der Waals surface area contributed by atoms with Crippen molar-refractivity contribution in [1.29, 1.82) is 0 Å². The highest BCUT2D eigenvalue weighted by molar-refractivity contribution is 4.63. The highest BCUT2D eigenvalue weighted by atomic mass is 16.5. The summed E-state index contributed by atoms with van der Waals surface area (Å²) in [6.07, 6.45) is 5.27. The minimum atomic E-state index is 0.463. The lowest BCUT2D eigenvalue weighted by molar-refractivity contribution is 0.0116. The molecule has 1 saturated heterocycles. The van der Waals surface area contributed by atoms with Gasteiger partial charge in [-0.15, -0.1) is 0 Å². The van der Waals surface area contributed by atoms with Crippen molar-refractivity contribution < 1.29 is 4.74 Å². The SMILES string of the molecule is NNCCC1CCCCO1. The standard InChI is InChI=1S/C7H16N2O/c8-9-5-4-7-3-1-2-6-10-7/h7,9H,1-6,8H2. The molecule has 0 aromatic rings. The minimum Gasteiger partial charge on any atom is -0.378 e. The van der Waals surface area contributed by atoms with E-state index in [-0.39, 0.29) is 0 Å². The van der Waals surface area contributed by atoms with Crippen LogP contribution in [0.25, 0.3) is 0 Å². The molecule has 0 aromatic carbocycles. The number of nitrogens with one attached hydrogen (secondary N) is 1. The Morgan fingerprint density at radius 3 is 3.00 bits per heavy atom. The molecule has 1 unspecified atom stereocenters. The molecule has 1 heterocycles. The maximum atomic E-state index is 5.48. The highest BCUT2D eigenvalue weighted by Gasteiger charge is 2.12. The van der Waals surface area contributed by atoms with Crippen molar-refractivity contribution in [2.24, 2.45) is 5.84 Å². The Kier molecular flexibility index (Phi) is 3.72. The van der Waals surface area contributed by atoms with Gasteiger partial charge in [-0.25, -0.2) is 0 Å². The van der Waals surface area contributed by atoms with E-state index in [1.165, 1.54) is 19.3 Å². The van der Waals surface area contributed by atoms with Gasteiger partial charge in [0.2, 0.25) is 0 Å². The van der Waals surface area contributed by atoms with Gasteiger partial charge in [-0.05, 0) is 25.7 Å². The first kappa shape index (κ1) is 7.98. The first-order chi connectivity index (χ1) is 4.93. The Morgan fingerprint density at radius 2 is 2.40 bits per heavy atom. The van der Waals surface area contributed by atoms with Gasteiger partial charge in [-0.3, -0.25) is 11.3 Å². The summed E-state index contributed by atoms with van der Waals surface area (Å²) < 4.78 is 5.48. The van der Waals surface area contributed by atoms with Crippen molar-refractivity contribution >= 4 is 0 Å². The van der Waals surface area contributed by atoms with Crippen LogP contribution in [0.3, 0.4) is 0 Å². The van der Waals surface area contributed by atoms with Crippen molar-refractivity contribution in [1.82, 2.24) is 5.43 Å². The molecule has 0 saturated carbocycles. The second-order valence-electron chi connectivity index (χ2n) is 2.73. The van der Waals surface area contributed by atoms with Crippen LogP contribution in [0.1, 0.15) is 25.7 Å². The summed E-state index contributed by atoms with van der Waals surface area (Å²) in [4.78, 5) is 0. The van der Waals surface area contributed by atoms with E-state index < -0.39 is 0 Å². The molecular formula is C7H16N2O. The zero-order chi connectivity index (χ0) is 7.23. The summed E-state index contributed by atoms with van der Waals surface area (Å²) in [6.45, 7) is 1.81. The molecule has 0 spiro atoms. The van der Waals surface area contributed by atoms with Gasteiger partial charge in [-0.2, -0.15) is 0 Å². The van der Waals surface area contributed by atoms with E-state index in [4.69, 9.17) is 10.6 Å². The molecule has 1 atom stereocenters. The summed E-state index contributed by atoms with van der Waals surface area (Å²) in [5.74, 6) is 5.14. The molecule has 10 heavy (non-hydrogen) atoms. The summed E-state index contributed by atoms with van der Waals surface area (Å²) in [5, 5.41) is 0. The average molecular weight is 144 g/mol. The lowest BCUT2D eigenvalue weighted by Crippen LogP contribution is -2.28. The molecule has 0 aromatic heterocycles. The van der Waals surface area contributed by atoms with E-state index in [0.29, 0.717) is 6.10 Å². The molecule has 1 aliphatic heterocycles. The molecule has 0 amide bonds. The summed E-state index contributed by atoms with van der Waals surface area (Å²) in [6, 6.07) is 0. The molecule has 60 valence electrons. The van der Waals surface area contributed by atoms with Crippen molar-refractivity contribution in [2.75, 3.05) is 13.2 Å². The lowest BCUT2D eigenvalue weighted by Gasteiger charge is -2.21. The quantitative estimate of drug-likeness (QED) is 0.445. The maximum absolute atomic E-state index is 5.48. The van der Waals surface area contributed by atoms with E-state index in [9.17, 15) is 0 Å². The number of hydrogen-bond acceptors (Lipinski definition) is 3. The molecule has 1 aliphatic rings. The molecule has 3 N–H and O–H groups in total. The molecule has 0 radical (unpaired) electrons. The van der Waals surface area contributed by atoms with Crippen molar-refractivity contribution in [3.05, 3.63) is 0 Å². The van der Waals surface area contributed by atoms with Crippen molar-refractivity contribution in [2.45, 2.75) is 31.8 Å². The first-order valence-electron chi connectivity index (χ1n) is 3.98. The Labute approximate surface area is 61.9 Å². The van der Waals surface area contributed by atoms with Crippen LogP contribution in [0.15, 0.2) is 0 Å². The topological polar surface area (TPSA) is 47.3 Å². The smallest absolute Gasteiger partial charge is 0.0587 e. The van der Waals surface area contributed by atoms with Crippen molar-refractivity contribution in [3.8, 4) is 0 Å². The molecular weight excluding hydrogens is 128 g/mol. The maximum Gasteiger partial charge on any atom is 0.0587 e. The minimum absolute atomic E-state index is 0.463. The monoisotopic (exact) mass is 144 g/mol. The second-order valence-corrected chi connectivity index (χ2v) is 2.73. The molecule has 0 aliphatic carbocycles. The van der Waals surface area contributed by atoms with Gasteiger partial charge in [-0.1, -0.05) is 0 Å². The van der Waals surface area contributed by atoms with E-state index in [2.05, 4.69) is 5.43 Å². The molecule has 3 heteroatoms. The number of rotatable bonds is 3. The van der Waals surface area contributed by atoms with Crippen LogP contribution in [0.4, 0.5) is 0 Å². The van der Waals surface area contributed by atoms with E-state index >= 15 is 0 Å². The van der Waals surface area contributed by atoms with Crippen molar-refractivity contribution in [3.63, 3.8) is 0 Å².